The molecule has 1 aromatic heterocycles. The fraction of sp³-hybridized carbons (Fsp3) is 0.513. The van der Waals surface area contributed by atoms with E-state index in [1.165, 1.54) is 78.7 Å². The number of fused-ring (bicyclic) bond motifs is 3. The van der Waals surface area contributed by atoms with Crippen LogP contribution in [0, 0.1) is 28.1 Å². The largest absolute Gasteiger partial charge is 0.337 e. The molecule has 228 valence electrons. The summed E-state index contributed by atoms with van der Waals surface area (Å²) in [6.45, 7) is 15.4. The second-order valence-electron chi connectivity index (χ2n) is 13.8. The molecule has 1 aliphatic rings. The number of hydrogen-bond acceptors (Lipinski definition) is 3. The number of unbranched alkanes of at least 4 members (excludes halogenated alkanes) is 6. The standard InChI is InChI=1S/C39H52N4/c1-8-10-12-14-16-30(17-15-13-11-9-2)43-34-23-27(33-22-28(25-40)36(26(3)4)38(42)37(33)41)18-20-31(34)32-21-19-29(24-35(32)43)39(5,6)7/h18-24,26,30,41-42H,8-17H2,1-7H3. The van der Waals surface area contributed by atoms with E-state index in [0.29, 0.717) is 22.8 Å². The van der Waals surface area contributed by atoms with Crippen molar-refractivity contribution in [3.63, 3.8) is 0 Å². The van der Waals surface area contributed by atoms with Gasteiger partial charge in [0.1, 0.15) is 0 Å². The molecule has 1 aliphatic carbocycles. The van der Waals surface area contributed by atoms with Crippen LogP contribution in [0.2, 0.25) is 0 Å². The highest BCUT2D eigenvalue weighted by Gasteiger charge is 2.28. The Bertz CT molecular complexity index is 1580. The van der Waals surface area contributed by atoms with Crippen LogP contribution in [0.15, 0.2) is 53.6 Å². The fourth-order valence-corrected chi connectivity index (χ4v) is 6.71. The molecule has 4 heteroatoms. The predicted octanol–water partition coefficient (Wildman–Crippen LogP) is 11.5. The lowest BCUT2D eigenvalue weighted by Crippen LogP contribution is -2.24. The van der Waals surface area contributed by atoms with E-state index in [4.69, 9.17) is 10.8 Å². The molecule has 0 saturated heterocycles. The van der Waals surface area contributed by atoms with Gasteiger partial charge in [0.15, 0.2) is 0 Å². The number of benzene rings is 2. The van der Waals surface area contributed by atoms with E-state index in [1.807, 2.05) is 19.9 Å². The summed E-state index contributed by atoms with van der Waals surface area (Å²) in [6, 6.07) is 16.3. The Morgan fingerprint density at radius 2 is 1.37 bits per heavy atom. The topological polar surface area (TPSA) is 76.4 Å². The fourth-order valence-electron chi connectivity index (χ4n) is 6.71. The Labute approximate surface area is 259 Å². The Morgan fingerprint density at radius 1 is 0.791 bits per heavy atom. The predicted molar refractivity (Wildman–Crippen MR) is 186 cm³/mol. The maximum Gasteiger partial charge on any atom is 0.0995 e. The van der Waals surface area contributed by atoms with Gasteiger partial charge in [-0.25, -0.2) is 0 Å². The van der Waals surface area contributed by atoms with E-state index in [9.17, 15) is 5.26 Å². The van der Waals surface area contributed by atoms with Gasteiger partial charge in [-0.05, 0) is 59.1 Å². The maximum atomic E-state index is 9.97. The SMILES string of the molecule is CCCCCCC(CCCCCC)n1c2cc(C3=CC(C#N)=C(C(C)C)C(=N)C3=N)ccc2c2ccc(C(C)(C)C)cc21. The normalized spacial score (nSPS) is 14.5. The number of nitrogens with one attached hydrogen (secondary N) is 2. The van der Waals surface area contributed by atoms with E-state index < -0.39 is 0 Å². The molecule has 0 atom stereocenters. The minimum Gasteiger partial charge on any atom is -0.337 e. The number of allylic oxidation sites excluding steroid dienone is 4. The van der Waals surface area contributed by atoms with Crippen molar-refractivity contribution < 1.29 is 0 Å². The van der Waals surface area contributed by atoms with E-state index in [1.54, 1.807) is 0 Å². The second kappa shape index (κ2) is 13.9. The van der Waals surface area contributed by atoms with Gasteiger partial charge in [-0.1, -0.05) is 124 Å². The number of aromatic nitrogens is 1. The van der Waals surface area contributed by atoms with Crippen LogP contribution in [-0.4, -0.2) is 16.0 Å². The molecule has 43 heavy (non-hydrogen) atoms. The number of rotatable bonds is 13. The van der Waals surface area contributed by atoms with E-state index in [2.05, 4.69) is 81.7 Å². The van der Waals surface area contributed by atoms with Gasteiger partial charge in [0, 0.05) is 33.4 Å². The molecule has 0 saturated carbocycles. The minimum absolute atomic E-state index is 0.0171. The van der Waals surface area contributed by atoms with Crippen LogP contribution in [0.3, 0.4) is 0 Å². The van der Waals surface area contributed by atoms with Gasteiger partial charge in [0.05, 0.1) is 23.1 Å². The molecule has 4 rings (SSSR count). The Kier molecular flexibility index (Phi) is 10.5. The van der Waals surface area contributed by atoms with Crippen molar-refractivity contribution in [2.45, 2.75) is 124 Å². The van der Waals surface area contributed by atoms with Crippen LogP contribution in [-0.2, 0) is 5.41 Å². The van der Waals surface area contributed by atoms with Crippen molar-refractivity contribution in [2.24, 2.45) is 5.92 Å². The molecule has 2 N–H and O–H groups in total. The summed E-state index contributed by atoms with van der Waals surface area (Å²) < 4.78 is 2.63. The van der Waals surface area contributed by atoms with Crippen LogP contribution in [0.1, 0.15) is 130 Å². The first-order valence-electron chi connectivity index (χ1n) is 16.7. The Hall–Kier alpha value is -3.45. The van der Waals surface area contributed by atoms with Gasteiger partial charge in [-0.3, -0.25) is 10.8 Å². The molecule has 3 aromatic rings. The number of hydrogen-bond donors (Lipinski definition) is 2. The quantitative estimate of drug-likeness (QED) is 0.154. The van der Waals surface area contributed by atoms with Gasteiger partial charge in [-0.15, -0.1) is 0 Å². The highest BCUT2D eigenvalue weighted by Crippen LogP contribution is 2.40. The zero-order valence-electron chi connectivity index (χ0n) is 27.7. The van der Waals surface area contributed by atoms with Gasteiger partial charge in [-0.2, -0.15) is 5.26 Å². The second-order valence-corrected chi connectivity index (χ2v) is 13.8. The molecule has 0 radical (unpaired) electrons. The van der Waals surface area contributed by atoms with Crippen LogP contribution < -0.4 is 0 Å². The van der Waals surface area contributed by atoms with E-state index >= 15 is 0 Å². The van der Waals surface area contributed by atoms with E-state index in [0.717, 1.165) is 18.4 Å². The van der Waals surface area contributed by atoms with Gasteiger partial charge < -0.3 is 4.57 Å². The molecule has 0 aliphatic heterocycles. The summed E-state index contributed by atoms with van der Waals surface area (Å²) in [4.78, 5) is 0. The highest BCUT2D eigenvalue weighted by molar-refractivity contribution is 6.61. The average Bonchev–Trinajstić information content (AvgIpc) is 3.29. The van der Waals surface area contributed by atoms with Crippen molar-refractivity contribution in [1.82, 2.24) is 4.57 Å². The van der Waals surface area contributed by atoms with Gasteiger partial charge in [0.2, 0.25) is 0 Å². The van der Waals surface area contributed by atoms with Crippen molar-refractivity contribution in [3.05, 3.63) is 64.7 Å². The van der Waals surface area contributed by atoms with E-state index in [-0.39, 0.29) is 22.8 Å². The minimum atomic E-state index is 0.0171. The van der Waals surface area contributed by atoms with Crippen molar-refractivity contribution in [1.29, 1.82) is 16.1 Å². The lowest BCUT2D eigenvalue weighted by Gasteiger charge is -2.24. The lowest BCUT2D eigenvalue weighted by molar-refractivity contribution is 0.413. The first-order valence-corrected chi connectivity index (χ1v) is 16.7. The molecular weight excluding hydrogens is 524 g/mol. The van der Waals surface area contributed by atoms with Crippen LogP contribution in [0.4, 0.5) is 0 Å². The monoisotopic (exact) mass is 576 g/mol. The maximum absolute atomic E-state index is 9.97. The summed E-state index contributed by atoms with van der Waals surface area (Å²) in [5, 5.41) is 30.2. The molecule has 0 spiro atoms. The molecule has 0 bridgehead atoms. The highest BCUT2D eigenvalue weighted by atomic mass is 15.0. The average molecular weight is 577 g/mol. The van der Waals surface area contributed by atoms with Gasteiger partial charge in [0.25, 0.3) is 0 Å². The summed E-state index contributed by atoms with van der Waals surface area (Å²) in [7, 11) is 0. The first kappa shape index (κ1) is 32.5. The third-order valence-electron chi connectivity index (χ3n) is 9.19. The van der Waals surface area contributed by atoms with Crippen LogP contribution in [0.25, 0.3) is 27.4 Å². The molecule has 4 nitrogen and oxygen atoms in total. The third kappa shape index (κ3) is 6.87. The van der Waals surface area contributed by atoms with Crippen molar-refractivity contribution in [3.8, 4) is 6.07 Å². The van der Waals surface area contributed by atoms with Crippen LogP contribution in [0.5, 0.6) is 0 Å². The smallest absolute Gasteiger partial charge is 0.0995 e. The number of nitrogens with zero attached hydrogens (tertiary/aromatic N) is 2. The molecule has 0 fully saturated rings. The summed E-state index contributed by atoms with van der Waals surface area (Å²) >= 11 is 0. The molecule has 2 aromatic carbocycles. The van der Waals surface area contributed by atoms with Crippen molar-refractivity contribution in [2.75, 3.05) is 0 Å². The van der Waals surface area contributed by atoms with Crippen LogP contribution >= 0.6 is 0 Å². The summed E-state index contributed by atoms with van der Waals surface area (Å²) in [6.07, 6.45) is 14.2. The summed E-state index contributed by atoms with van der Waals surface area (Å²) in [5.74, 6) is 0.0171. The zero-order chi connectivity index (χ0) is 31.3. The molecule has 0 unspecified atom stereocenters. The molecule has 1 heterocycles. The zero-order valence-corrected chi connectivity index (χ0v) is 27.7. The third-order valence-corrected chi connectivity index (χ3v) is 9.19. The van der Waals surface area contributed by atoms with Gasteiger partial charge >= 0.3 is 0 Å². The Balaban J connectivity index is 1.94. The summed E-state index contributed by atoms with van der Waals surface area (Å²) in [5.41, 5.74) is 7.02. The molecular formula is C39H52N4. The van der Waals surface area contributed by atoms with Crippen molar-refractivity contribution >= 4 is 38.8 Å². The lowest BCUT2D eigenvalue weighted by atomic mass is 9.81. The Morgan fingerprint density at radius 3 is 1.91 bits per heavy atom. The number of nitriles is 1. The molecule has 0 amide bonds. The first-order chi connectivity index (χ1) is 20.5.